The Morgan fingerprint density at radius 1 is 1.09 bits per heavy atom. The normalized spacial score (nSPS) is 23.7. The van der Waals surface area contributed by atoms with Gasteiger partial charge in [0.25, 0.3) is 5.91 Å². The quantitative estimate of drug-likeness (QED) is 0.538. The van der Waals surface area contributed by atoms with Crippen LogP contribution in [-0.2, 0) is 10.5 Å². The summed E-state index contributed by atoms with van der Waals surface area (Å²) in [6.45, 7) is 0.765. The van der Waals surface area contributed by atoms with Gasteiger partial charge in [0.1, 0.15) is 12.2 Å². The summed E-state index contributed by atoms with van der Waals surface area (Å²) < 4.78 is 7.73. The highest BCUT2D eigenvalue weighted by Crippen LogP contribution is 2.51. The van der Waals surface area contributed by atoms with E-state index in [2.05, 4.69) is 23.2 Å². The Hall–Kier alpha value is -2.94. The van der Waals surface area contributed by atoms with Gasteiger partial charge < -0.3 is 14.7 Å². The van der Waals surface area contributed by atoms with Crippen LogP contribution >= 0.6 is 23.4 Å². The van der Waals surface area contributed by atoms with Crippen molar-refractivity contribution in [3.63, 3.8) is 0 Å². The number of ether oxygens (including phenoxy) is 1. The van der Waals surface area contributed by atoms with E-state index in [1.165, 1.54) is 6.07 Å². The molecule has 2 aromatic carbocycles. The molecule has 1 aromatic heterocycles. The first-order valence-electron chi connectivity index (χ1n) is 11.6. The monoisotopic (exact) mass is 507 g/mol. The number of hydrogen-bond donors (Lipinski definition) is 1. The predicted octanol–water partition coefficient (Wildman–Crippen LogP) is 3.89. The number of carbonyl (C=O) groups is 1. The second-order valence-corrected chi connectivity index (χ2v) is 11.0. The highest BCUT2D eigenvalue weighted by atomic mass is 35.5. The smallest absolute Gasteiger partial charge is 0.278 e. The minimum atomic E-state index is -0.573. The molecule has 2 fully saturated rings. The van der Waals surface area contributed by atoms with E-state index >= 15 is 0 Å². The maximum atomic E-state index is 13.8. The van der Waals surface area contributed by atoms with Crippen LogP contribution in [0.2, 0.25) is 5.02 Å². The number of amides is 1. The van der Waals surface area contributed by atoms with Crippen molar-refractivity contribution in [3.8, 4) is 5.75 Å². The van der Waals surface area contributed by atoms with E-state index in [-0.39, 0.29) is 17.6 Å². The zero-order valence-electron chi connectivity index (χ0n) is 18.7. The zero-order chi connectivity index (χ0) is 23.9. The molecule has 1 saturated carbocycles. The van der Waals surface area contributed by atoms with Crippen molar-refractivity contribution >= 4 is 29.3 Å². The van der Waals surface area contributed by atoms with Crippen molar-refractivity contribution in [3.05, 3.63) is 92.4 Å². The molecule has 0 radical (unpaired) electrons. The van der Waals surface area contributed by atoms with Crippen LogP contribution < -0.4 is 10.4 Å². The average molecular weight is 508 g/mol. The van der Waals surface area contributed by atoms with Crippen LogP contribution in [0.4, 0.5) is 0 Å². The molecular formula is C26H22ClN3O4S. The van der Waals surface area contributed by atoms with Crippen LogP contribution in [0.25, 0.3) is 0 Å². The number of benzene rings is 2. The molecule has 4 heterocycles. The predicted molar refractivity (Wildman–Crippen MR) is 133 cm³/mol. The molecule has 0 bridgehead atoms. The fraction of sp³-hybridized carbons (Fsp3) is 0.308. The third-order valence-corrected chi connectivity index (χ3v) is 9.05. The van der Waals surface area contributed by atoms with Crippen LogP contribution in [0.1, 0.15) is 46.1 Å². The number of aromatic hydroxyl groups is 1. The van der Waals surface area contributed by atoms with Crippen LogP contribution in [0.5, 0.6) is 5.75 Å². The van der Waals surface area contributed by atoms with Gasteiger partial charge >= 0.3 is 0 Å². The molecule has 7 nitrogen and oxygen atoms in total. The molecule has 7 rings (SSSR count). The molecule has 9 heteroatoms. The van der Waals surface area contributed by atoms with E-state index < -0.39 is 22.9 Å². The van der Waals surface area contributed by atoms with Gasteiger partial charge in [0.15, 0.2) is 11.4 Å². The number of carbonyl (C=O) groups excluding carboxylic acids is 1. The lowest BCUT2D eigenvalue weighted by Crippen LogP contribution is -2.70. The van der Waals surface area contributed by atoms with Crippen molar-refractivity contribution in [1.29, 1.82) is 0 Å². The Balaban J connectivity index is 1.55. The summed E-state index contributed by atoms with van der Waals surface area (Å²) in [6.07, 6.45) is 2.81. The van der Waals surface area contributed by atoms with Gasteiger partial charge in [-0.2, -0.15) is 0 Å². The molecule has 1 aliphatic carbocycles. The summed E-state index contributed by atoms with van der Waals surface area (Å²) in [7, 11) is 0. The molecular weight excluding hydrogens is 486 g/mol. The van der Waals surface area contributed by atoms with Crippen molar-refractivity contribution in [2.45, 2.75) is 41.2 Å². The van der Waals surface area contributed by atoms with Gasteiger partial charge in [-0.1, -0.05) is 41.9 Å². The molecule has 3 aliphatic heterocycles. The Labute approximate surface area is 210 Å². The fourth-order valence-electron chi connectivity index (χ4n) is 5.79. The third kappa shape index (κ3) is 2.96. The molecule has 1 N–H and O–H groups in total. The van der Waals surface area contributed by atoms with E-state index in [4.69, 9.17) is 16.3 Å². The third-order valence-electron chi connectivity index (χ3n) is 7.58. The first kappa shape index (κ1) is 21.4. The molecule has 4 aliphatic rings. The van der Waals surface area contributed by atoms with E-state index in [9.17, 15) is 14.7 Å². The van der Waals surface area contributed by atoms with Crippen molar-refractivity contribution < 1.29 is 14.6 Å². The number of rotatable bonds is 1. The van der Waals surface area contributed by atoms with Crippen LogP contribution in [0.3, 0.4) is 0 Å². The number of aromatic nitrogens is 1. The summed E-state index contributed by atoms with van der Waals surface area (Å²) in [5.74, 6) is -0.107. The van der Waals surface area contributed by atoms with E-state index in [1.807, 2.05) is 29.2 Å². The first-order valence-corrected chi connectivity index (χ1v) is 13.0. The SMILES string of the molecule is O=C1c2c(O)c(=O)ccn2N([C@@H]2c3ccccc3SCc3cccc(Cl)c32)[C@@H]2COCC3(CC3)N12. The van der Waals surface area contributed by atoms with E-state index in [1.54, 1.807) is 22.6 Å². The van der Waals surface area contributed by atoms with Crippen LogP contribution in [-0.4, -0.2) is 45.5 Å². The van der Waals surface area contributed by atoms with Crippen molar-refractivity contribution in [2.75, 3.05) is 18.2 Å². The van der Waals surface area contributed by atoms with Gasteiger partial charge in [0, 0.05) is 33.5 Å². The lowest BCUT2D eigenvalue weighted by molar-refractivity contribution is -0.0617. The van der Waals surface area contributed by atoms with Crippen LogP contribution in [0, 0.1) is 0 Å². The average Bonchev–Trinajstić information content (AvgIpc) is 3.64. The van der Waals surface area contributed by atoms with Gasteiger partial charge in [-0.05, 0) is 36.1 Å². The van der Waals surface area contributed by atoms with Gasteiger partial charge in [0.2, 0.25) is 5.43 Å². The summed E-state index contributed by atoms with van der Waals surface area (Å²) in [6, 6.07) is 15.1. The number of halogens is 1. The largest absolute Gasteiger partial charge is 0.502 e. The molecule has 1 saturated heterocycles. The Bertz CT molecular complexity index is 1450. The zero-order valence-corrected chi connectivity index (χ0v) is 20.3. The number of morpholine rings is 1. The van der Waals surface area contributed by atoms with Gasteiger partial charge in [-0.15, -0.1) is 11.8 Å². The molecule has 35 heavy (non-hydrogen) atoms. The lowest BCUT2D eigenvalue weighted by atomic mass is 9.93. The first-order chi connectivity index (χ1) is 17.0. The molecule has 178 valence electrons. The number of thioether (sulfide) groups is 1. The number of hydrogen-bond acceptors (Lipinski definition) is 6. The topological polar surface area (TPSA) is 75.0 Å². The van der Waals surface area contributed by atoms with Gasteiger partial charge in [-0.3, -0.25) is 19.3 Å². The summed E-state index contributed by atoms with van der Waals surface area (Å²) >= 11 is 8.65. The standard InChI is InChI=1S/C26H22ClN3O4S/c27-17-6-3-4-15-13-35-19-7-2-1-5-16(19)22(21(15)17)30-20-12-34-14-26(9-10-26)29(20)25(33)23-24(32)18(31)8-11-28(23)30/h1-8,11,20,22,32H,9-10,12-14H2/t20-,22-/m1/s1. The van der Waals surface area contributed by atoms with E-state index in [0.717, 1.165) is 40.2 Å². The minimum absolute atomic E-state index is 0.00934. The molecule has 2 atom stereocenters. The highest BCUT2D eigenvalue weighted by molar-refractivity contribution is 7.98. The molecule has 1 amide bonds. The van der Waals surface area contributed by atoms with Crippen LogP contribution in [0.15, 0.2) is 64.4 Å². The highest BCUT2D eigenvalue weighted by Gasteiger charge is 2.60. The van der Waals surface area contributed by atoms with E-state index in [0.29, 0.717) is 18.2 Å². The second-order valence-electron chi connectivity index (χ2n) is 9.54. The molecule has 0 unspecified atom stereocenters. The molecule has 3 aromatic rings. The summed E-state index contributed by atoms with van der Waals surface area (Å²) in [4.78, 5) is 29.3. The lowest BCUT2D eigenvalue weighted by Gasteiger charge is -2.54. The minimum Gasteiger partial charge on any atom is -0.502 e. The van der Waals surface area contributed by atoms with Gasteiger partial charge in [-0.25, -0.2) is 0 Å². The second kappa shape index (κ2) is 7.53. The Morgan fingerprint density at radius 3 is 2.74 bits per heavy atom. The maximum absolute atomic E-state index is 13.8. The number of fused-ring (bicyclic) bond motifs is 5. The Morgan fingerprint density at radius 2 is 1.91 bits per heavy atom. The van der Waals surface area contributed by atoms with Crippen molar-refractivity contribution in [2.24, 2.45) is 0 Å². The van der Waals surface area contributed by atoms with Gasteiger partial charge in [0.05, 0.1) is 18.8 Å². The molecule has 1 spiro atoms. The summed E-state index contributed by atoms with van der Waals surface area (Å²) in [5, 5.41) is 13.6. The maximum Gasteiger partial charge on any atom is 0.278 e. The van der Waals surface area contributed by atoms with Crippen molar-refractivity contribution in [1.82, 2.24) is 9.58 Å². The number of nitrogens with zero attached hydrogens (tertiary/aromatic N) is 3. The number of pyridine rings is 1. The Kier molecular flexibility index (Phi) is 4.59. The fourth-order valence-corrected chi connectivity index (χ4v) is 7.17. The summed E-state index contributed by atoms with van der Waals surface area (Å²) in [5.41, 5.74) is 2.13.